The first kappa shape index (κ1) is 18.9. The summed E-state index contributed by atoms with van der Waals surface area (Å²) in [4.78, 5) is 26.5. The summed E-state index contributed by atoms with van der Waals surface area (Å²) in [6.07, 6.45) is 0.600. The number of hydrogen-bond acceptors (Lipinski definition) is 5. The Morgan fingerprint density at radius 2 is 2.15 bits per heavy atom. The van der Waals surface area contributed by atoms with Gasteiger partial charge >= 0.3 is 6.03 Å². The van der Waals surface area contributed by atoms with Crippen LogP contribution in [0, 0.1) is 0 Å². The minimum atomic E-state index is -0.226. The van der Waals surface area contributed by atoms with Gasteiger partial charge in [-0.1, -0.05) is 12.1 Å². The number of carbonyl (C=O) groups excluding carboxylic acids is 1. The van der Waals surface area contributed by atoms with Crippen LogP contribution in [0.4, 0.5) is 10.5 Å². The molecule has 1 N–H and O–H groups in total. The van der Waals surface area contributed by atoms with Gasteiger partial charge < -0.3 is 19.7 Å². The number of benzene rings is 1. The van der Waals surface area contributed by atoms with Crippen molar-refractivity contribution in [2.45, 2.75) is 26.4 Å². The first-order valence-electron chi connectivity index (χ1n) is 8.99. The highest BCUT2D eigenvalue weighted by atomic mass is 16.5. The number of nitrogens with one attached hydrogen (secondary N) is 1. The second kappa shape index (κ2) is 8.68. The van der Waals surface area contributed by atoms with E-state index in [2.05, 4.69) is 10.4 Å². The van der Waals surface area contributed by atoms with Gasteiger partial charge in [-0.3, -0.25) is 4.79 Å². The van der Waals surface area contributed by atoms with Gasteiger partial charge in [0.25, 0.3) is 5.56 Å². The van der Waals surface area contributed by atoms with E-state index in [0.717, 1.165) is 11.3 Å². The molecule has 0 unspecified atom stereocenters. The highest BCUT2D eigenvalue weighted by Gasteiger charge is 2.23. The van der Waals surface area contributed by atoms with Crippen LogP contribution in [0.15, 0.2) is 35.1 Å². The van der Waals surface area contributed by atoms with Gasteiger partial charge in [0.2, 0.25) is 0 Å². The summed E-state index contributed by atoms with van der Waals surface area (Å²) in [5.74, 6) is 0.633. The lowest BCUT2D eigenvalue weighted by Crippen LogP contribution is -2.41. The lowest BCUT2D eigenvalue weighted by Gasteiger charge is -2.28. The van der Waals surface area contributed by atoms with Gasteiger partial charge in [-0.15, -0.1) is 0 Å². The third-order valence-electron chi connectivity index (χ3n) is 4.37. The Balaban J connectivity index is 1.71. The van der Waals surface area contributed by atoms with E-state index in [1.807, 2.05) is 25.1 Å². The number of aromatic nitrogens is 2. The molecule has 0 spiro atoms. The van der Waals surface area contributed by atoms with E-state index in [1.54, 1.807) is 24.1 Å². The van der Waals surface area contributed by atoms with Gasteiger partial charge in [0.05, 0.1) is 31.1 Å². The Hall–Kier alpha value is -2.87. The Labute approximate surface area is 157 Å². The molecule has 1 aliphatic heterocycles. The van der Waals surface area contributed by atoms with Gasteiger partial charge in [-0.25, -0.2) is 9.48 Å². The third kappa shape index (κ3) is 4.46. The van der Waals surface area contributed by atoms with Crippen molar-refractivity contribution in [3.8, 4) is 5.75 Å². The molecule has 0 saturated carbocycles. The molecule has 3 rings (SSSR count). The van der Waals surface area contributed by atoms with Gasteiger partial charge in [-0.2, -0.15) is 5.10 Å². The maximum Gasteiger partial charge on any atom is 0.322 e. The average Bonchev–Trinajstić information content (AvgIpc) is 2.67. The van der Waals surface area contributed by atoms with Crippen LogP contribution in [-0.2, 0) is 24.2 Å². The molecule has 2 amide bonds. The lowest BCUT2D eigenvalue weighted by molar-refractivity contribution is 0.180. The van der Waals surface area contributed by atoms with E-state index in [0.29, 0.717) is 50.7 Å². The molecule has 2 aromatic rings. The molecule has 1 aromatic carbocycles. The van der Waals surface area contributed by atoms with Gasteiger partial charge in [0.1, 0.15) is 5.75 Å². The maximum atomic E-state index is 12.7. The Kier molecular flexibility index (Phi) is 6.08. The van der Waals surface area contributed by atoms with Crippen molar-refractivity contribution in [3.05, 3.63) is 51.9 Å². The molecule has 0 saturated heterocycles. The van der Waals surface area contributed by atoms with E-state index >= 15 is 0 Å². The Morgan fingerprint density at radius 1 is 1.33 bits per heavy atom. The van der Waals surface area contributed by atoms with E-state index in [9.17, 15) is 9.59 Å². The molecule has 1 aromatic heterocycles. The number of para-hydroxylation sites is 2. The summed E-state index contributed by atoms with van der Waals surface area (Å²) in [6, 6.07) is 8.66. The molecular formula is C19H24N4O4. The fraction of sp³-hybridized carbons (Fsp3) is 0.421. The van der Waals surface area contributed by atoms with Crippen molar-refractivity contribution in [3.63, 3.8) is 0 Å². The van der Waals surface area contributed by atoms with Crippen LogP contribution in [0.3, 0.4) is 0 Å². The van der Waals surface area contributed by atoms with E-state index in [1.165, 1.54) is 4.68 Å². The predicted molar refractivity (Wildman–Crippen MR) is 101 cm³/mol. The quantitative estimate of drug-likeness (QED) is 0.837. The summed E-state index contributed by atoms with van der Waals surface area (Å²) >= 11 is 0. The molecule has 1 aliphatic rings. The molecular weight excluding hydrogens is 348 g/mol. The van der Waals surface area contributed by atoms with Crippen LogP contribution < -0.4 is 15.6 Å². The van der Waals surface area contributed by atoms with Crippen molar-refractivity contribution in [2.75, 3.05) is 32.2 Å². The number of anilines is 1. The Bertz CT molecular complexity index is 865. The summed E-state index contributed by atoms with van der Waals surface area (Å²) in [7, 11) is 1.59. The third-order valence-corrected chi connectivity index (χ3v) is 4.37. The first-order valence-corrected chi connectivity index (χ1v) is 8.99. The molecule has 0 fully saturated rings. The van der Waals surface area contributed by atoms with Gasteiger partial charge in [-0.05, 0) is 19.1 Å². The molecule has 0 bridgehead atoms. The van der Waals surface area contributed by atoms with E-state index in [-0.39, 0.29) is 11.6 Å². The maximum absolute atomic E-state index is 12.7. The minimum absolute atomic E-state index is 0.185. The Morgan fingerprint density at radius 3 is 2.93 bits per heavy atom. The van der Waals surface area contributed by atoms with Gasteiger partial charge in [0.15, 0.2) is 0 Å². The molecule has 27 heavy (non-hydrogen) atoms. The number of nitrogens with zero attached hydrogens (tertiary/aromatic N) is 3. The number of amides is 2. The average molecular weight is 372 g/mol. The standard InChI is InChI=1S/C19H24N4O4/c1-3-27-17-7-5-4-6-16(17)20-19(25)22-9-8-15-14(13-22)12-18(24)23(21-15)10-11-26-2/h4-7,12H,3,8-11,13H2,1-2H3,(H,20,25). The molecule has 0 aliphatic carbocycles. The van der Waals surface area contributed by atoms with Crippen molar-refractivity contribution in [1.82, 2.24) is 14.7 Å². The van der Waals surface area contributed by atoms with Crippen LogP contribution >= 0.6 is 0 Å². The number of fused-ring (bicyclic) bond motifs is 1. The second-order valence-corrected chi connectivity index (χ2v) is 6.20. The van der Waals surface area contributed by atoms with E-state index < -0.39 is 0 Å². The summed E-state index contributed by atoms with van der Waals surface area (Å²) in [6.45, 7) is 4.15. The number of ether oxygens (including phenoxy) is 2. The normalized spacial score (nSPS) is 13.2. The molecule has 0 radical (unpaired) electrons. The fourth-order valence-electron chi connectivity index (χ4n) is 3.00. The molecule has 8 nitrogen and oxygen atoms in total. The number of urea groups is 1. The highest BCUT2D eigenvalue weighted by molar-refractivity contribution is 5.91. The van der Waals surface area contributed by atoms with Crippen molar-refractivity contribution >= 4 is 11.7 Å². The van der Waals surface area contributed by atoms with Crippen LogP contribution in [0.5, 0.6) is 5.75 Å². The molecule has 2 heterocycles. The lowest BCUT2D eigenvalue weighted by atomic mass is 10.1. The number of methoxy groups -OCH3 is 1. The number of rotatable bonds is 6. The zero-order valence-electron chi connectivity index (χ0n) is 15.6. The molecule has 0 atom stereocenters. The van der Waals surface area contributed by atoms with Crippen molar-refractivity contribution in [2.24, 2.45) is 0 Å². The van der Waals surface area contributed by atoms with Crippen LogP contribution in [0.2, 0.25) is 0 Å². The fourth-order valence-corrected chi connectivity index (χ4v) is 3.00. The SMILES string of the molecule is CCOc1ccccc1NC(=O)N1CCc2nn(CCOC)c(=O)cc2C1. The number of carbonyl (C=O) groups is 1. The second-order valence-electron chi connectivity index (χ2n) is 6.20. The van der Waals surface area contributed by atoms with Crippen molar-refractivity contribution in [1.29, 1.82) is 0 Å². The van der Waals surface area contributed by atoms with E-state index in [4.69, 9.17) is 9.47 Å². The largest absolute Gasteiger partial charge is 0.492 e. The summed E-state index contributed by atoms with van der Waals surface area (Å²) < 4.78 is 12.0. The van der Waals surface area contributed by atoms with Crippen LogP contribution in [0.25, 0.3) is 0 Å². The molecule has 8 heteroatoms. The number of hydrogen-bond donors (Lipinski definition) is 1. The zero-order valence-corrected chi connectivity index (χ0v) is 15.6. The summed E-state index contributed by atoms with van der Waals surface area (Å²) in [5, 5.41) is 7.30. The highest BCUT2D eigenvalue weighted by Crippen LogP contribution is 2.25. The predicted octanol–water partition coefficient (Wildman–Crippen LogP) is 1.88. The topological polar surface area (TPSA) is 85.7 Å². The van der Waals surface area contributed by atoms with Crippen LogP contribution in [-0.4, -0.2) is 47.6 Å². The smallest absolute Gasteiger partial charge is 0.322 e. The molecule has 144 valence electrons. The van der Waals surface area contributed by atoms with Gasteiger partial charge in [0, 0.05) is 38.2 Å². The summed E-state index contributed by atoms with van der Waals surface area (Å²) in [5.41, 5.74) is 2.08. The monoisotopic (exact) mass is 372 g/mol. The van der Waals surface area contributed by atoms with Crippen LogP contribution in [0.1, 0.15) is 18.2 Å². The first-order chi connectivity index (χ1) is 13.1. The zero-order chi connectivity index (χ0) is 19.2. The minimum Gasteiger partial charge on any atom is -0.492 e. The van der Waals surface area contributed by atoms with Crippen molar-refractivity contribution < 1.29 is 14.3 Å².